The van der Waals surface area contributed by atoms with Gasteiger partial charge in [0.05, 0.1) is 18.2 Å². The zero-order valence-electron chi connectivity index (χ0n) is 12.0. The topological polar surface area (TPSA) is 79.5 Å². The summed E-state index contributed by atoms with van der Waals surface area (Å²) >= 11 is 1.43. The quantitative estimate of drug-likeness (QED) is 0.774. The molecule has 3 N–H and O–H groups in total. The summed E-state index contributed by atoms with van der Waals surface area (Å²) in [6.07, 6.45) is 0.794. The van der Waals surface area contributed by atoms with Gasteiger partial charge in [0.2, 0.25) is 5.91 Å². The Morgan fingerprint density at radius 2 is 2.29 bits per heavy atom. The van der Waals surface area contributed by atoms with Crippen LogP contribution in [-0.2, 0) is 4.79 Å². The van der Waals surface area contributed by atoms with Crippen LogP contribution in [0.25, 0.3) is 0 Å². The maximum atomic E-state index is 11.9. The van der Waals surface area contributed by atoms with Gasteiger partial charge in [0, 0.05) is 17.8 Å². The first-order chi connectivity index (χ1) is 10.1. The van der Waals surface area contributed by atoms with Gasteiger partial charge in [0.25, 0.3) is 0 Å². The highest BCUT2D eigenvalue weighted by molar-refractivity contribution is 8.00. The van der Waals surface area contributed by atoms with Crippen molar-refractivity contribution < 1.29 is 14.3 Å². The van der Waals surface area contributed by atoms with E-state index in [0.29, 0.717) is 11.4 Å². The Labute approximate surface area is 128 Å². The first kappa shape index (κ1) is 15.5. The number of ether oxygens (including phenoxy) is 1. The highest BCUT2D eigenvalue weighted by Gasteiger charge is 2.23. The van der Waals surface area contributed by atoms with Crippen molar-refractivity contribution in [3.8, 4) is 5.75 Å². The second-order valence-electron chi connectivity index (χ2n) is 4.83. The van der Waals surface area contributed by atoms with Crippen LogP contribution in [0.2, 0.25) is 0 Å². The Morgan fingerprint density at radius 1 is 1.48 bits per heavy atom. The standard InChI is InChI=1S/C14H19N3O3S/c1-9-6-13(17-14(19)15-9)21-8-12(18)16-10-4-3-5-11(7-10)20-2/h3-5,7,9,13H,6,8H2,1-2H3,(H,16,18)(H2,15,17,19). The van der Waals surface area contributed by atoms with E-state index >= 15 is 0 Å². The average molecular weight is 309 g/mol. The van der Waals surface area contributed by atoms with Crippen molar-refractivity contribution in [1.29, 1.82) is 0 Å². The van der Waals surface area contributed by atoms with Crippen LogP contribution in [0.3, 0.4) is 0 Å². The number of carbonyl (C=O) groups excluding carboxylic acids is 2. The maximum Gasteiger partial charge on any atom is 0.315 e. The Balaban J connectivity index is 1.80. The molecule has 2 unspecified atom stereocenters. The molecule has 1 fully saturated rings. The number of anilines is 1. The third-order valence-electron chi connectivity index (χ3n) is 3.01. The van der Waals surface area contributed by atoms with E-state index in [9.17, 15) is 9.59 Å². The largest absolute Gasteiger partial charge is 0.497 e. The van der Waals surface area contributed by atoms with Gasteiger partial charge in [-0.2, -0.15) is 0 Å². The summed E-state index contributed by atoms with van der Waals surface area (Å²) in [5.41, 5.74) is 0.697. The van der Waals surface area contributed by atoms with E-state index in [2.05, 4.69) is 16.0 Å². The van der Waals surface area contributed by atoms with Crippen LogP contribution < -0.4 is 20.7 Å². The minimum Gasteiger partial charge on any atom is -0.497 e. The molecule has 0 aromatic heterocycles. The summed E-state index contributed by atoms with van der Waals surface area (Å²) in [7, 11) is 1.58. The van der Waals surface area contributed by atoms with Crippen molar-refractivity contribution in [3.05, 3.63) is 24.3 Å². The van der Waals surface area contributed by atoms with Crippen molar-refractivity contribution in [3.63, 3.8) is 0 Å². The van der Waals surface area contributed by atoms with E-state index in [4.69, 9.17) is 4.74 Å². The number of urea groups is 1. The molecule has 1 aliphatic rings. The molecule has 0 radical (unpaired) electrons. The minimum atomic E-state index is -0.181. The van der Waals surface area contributed by atoms with Crippen LogP contribution in [-0.4, -0.2) is 36.2 Å². The predicted octanol–water partition coefficient (Wildman–Crippen LogP) is 1.78. The first-order valence-corrected chi connectivity index (χ1v) is 7.74. The van der Waals surface area contributed by atoms with Crippen molar-refractivity contribution in [2.45, 2.75) is 24.8 Å². The third kappa shape index (κ3) is 4.86. The smallest absolute Gasteiger partial charge is 0.315 e. The molecule has 2 atom stereocenters. The number of amides is 3. The van der Waals surface area contributed by atoms with Gasteiger partial charge in [-0.1, -0.05) is 6.07 Å². The number of nitrogens with one attached hydrogen (secondary N) is 3. The lowest BCUT2D eigenvalue weighted by Gasteiger charge is -2.28. The van der Waals surface area contributed by atoms with Crippen LogP contribution in [0.4, 0.5) is 10.5 Å². The summed E-state index contributed by atoms with van der Waals surface area (Å²) in [5, 5.41) is 8.34. The van der Waals surface area contributed by atoms with Crippen LogP contribution in [0.1, 0.15) is 13.3 Å². The van der Waals surface area contributed by atoms with Gasteiger partial charge in [-0.3, -0.25) is 4.79 Å². The van der Waals surface area contributed by atoms with E-state index in [1.54, 1.807) is 19.2 Å². The van der Waals surface area contributed by atoms with Gasteiger partial charge in [0.1, 0.15) is 5.75 Å². The molecule has 0 aliphatic carbocycles. The highest BCUT2D eigenvalue weighted by atomic mass is 32.2. The first-order valence-electron chi connectivity index (χ1n) is 6.69. The summed E-state index contributed by atoms with van der Waals surface area (Å²) in [6, 6.07) is 7.14. The van der Waals surface area contributed by atoms with E-state index in [-0.39, 0.29) is 29.1 Å². The second kappa shape index (κ2) is 7.21. The van der Waals surface area contributed by atoms with Gasteiger partial charge in [-0.15, -0.1) is 11.8 Å². The van der Waals surface area contributed by atoms with Gasteiger partial charge in [0.15, 0.2) is 0 Å². The molecule has 6 nitrogen and oxygen atoms in total. The fourth-order valence-electron chi connectivity index (χ4n) is 2.03. The summed E-state index contributed by atoms with van der Waals surface area (Å²) in [5.74, 6) is 0.878. The van der Waals surface area contributed by atoms with Crippen LogP contribution in [0, 0.1) is 0 Å². The number of benzene rings is 1. The van der Waals surface area contributed by atoms with E-state index < -0.39 is 0 Å². The molecule has 3 amide bonds. The summed E-state index contributed by atoms with van der Waals surface area (Å²) in [6.45, 7) is 1.95. The van der Waals surface area contributed by atoms with Gasteiger partial charge in [-0.05, 0) is 25.5 Å². The molecule has 7 heteroatoms. The molecule has 114 valence electrons. The molecule has 1 saturated heterocycles. The summed E-state index contributed by atoms with van der Waals surface area (Å²) in [4.78, 5) is 23.3. The number of hydrogen-bond donors (Lipinski definition) is 3. The number of carbonyl (C=O) groups is 2. The molecule has 1 heterocycles. The monoisotopic (exact) mass is 309 g/mol. The minimum absolute atomic E-state index is 0.0372. The summed E-state index contributed by atoms with van der Waals surface area (Å²) < 4.78 is 5.10. The fourth-order valence-corrected chi connectivity index (χ4v) is 3.07. The zero-order valence-corrected chi connectivity index (χ0v) is 12.8. The van der Waals surface area contributed by atoms with Crippen LogP contribution in [0.5, 0.6) is 5.75 Å². The Bertz CT molecular complexity index is 524. The normalized spacial score (nSPS) is 21.1. The van der Waals surface area contributed by atoms with Crippen molar-refractivity contribution >= 4 is 29.4 Å². The number of hydrogen-bond acceptors (Lipinski definition) is 4. The van der Waals surface area contributed by atoms with E-state index in [1.165, 1.54) is 11.8 Å². The lowest BCUT2D eigenvalue weighted by atomic mass is 10.2. The van der Waals surface area contributed by atoms with Crippen LogP contribution >= 0.6 is 11.8 Å². The van der Waals surface area contributed by atoms with Gasteiger partial charge < -0.3 is 20.7 Å². The van der Waals surface area contributed by atoms with Crippen molar-refractivity contribution in [2.24, 2.45) is 0 Å². The van der Waals surface area contributed by atoms with Crippen LogP contribution in [0.15, 0.2) is 24.3 Å². The second-order valence-corrected chi connectivity index (χ2v) is 6.03. The molecule has 1 aromatic rings. The molecule has 0 saturated carbocycles. The predicted molar refractivity (Wildman–Crippen MR) is 83.6 cm³/mol. The molecule has 0 bridgehead atoms. The third-order valence-corrected chi connectivity index (χ3v) is 4.15. The Hall–Kier alpha value is -1.89. The lowest BCUT2D eigenvalue weighted by Crippen LogP contribution is -2.52. The SMILES string of the molecule is COc1cccc(NC(=O)CSC2CC(C)NC(=O)N2)c1. The molecule has 2 rings (SSSR count). The molecule has 1 aliphatic heterocycles. The molecule has 0 spiro atoms. The maximum absolute atomic E-state index is 11.9. The zero-order chi connectivity index (χ0) is 15.2. The molecule has 1 aromatic carbocycles. The van der Waals surface area contributed by atoms with E-state index in [1.807, 2.05) is 19.1 Å². The van der Waals surface area contributed by atoms with Gasteiger partial charge >= 0.3 is 6.03 Å². The lowest BCUT2D eigenvalue weighted by molar-refractivity contribution is -0.113. The van der Waals surface area contributed by atoms with E-state index in [0.717, 1.165) is 6.42 Å². The average Bonchev–Trinajstić information content (AvgIpc) is 2.44. The fraction of sp³-hybridized carbons (Fsp3) is 0.429. The van der Waals surface area contributed by atoms with Gasteiger partial charge in [-0.25, -0.2) is 4.79 Å². The molecular weight excluding hydrogens is 290 g/mol. The Kier molecular flexibility index (Phi) is 5.32. The number of thioether (sulfide) groups is 1. The number of methoxy groups -OCH3 is 1. The molecular formula is C14H19N3O3S. The van der Waals surface area contributed by atoms with Crippen molar-refractivity contribution in [1.82, 2.24) is 10.6 Å². The van der Waals surface area contributed by atoms with Crippen molar-refractivity contribution in [2.75, 3.05) is 18.2 Å². The highest BCUT2D eigenvalue weighted by Crippen LogP contribution is 2.19. The Morgan fingerprint density at radius 3 is 3.00 bits per heavy atom. The number of rotatable bonds is 5. The molecule has 21 heavy (non-hydrogen) atoms.